The van der Waals surface area contributed by atoms with Crippen LogP contribution in [-0.2, 0) is 4.79 Å². The second kappa shape index (κ2) is 8.33. The van der Waals surface area contributed by atoms with E-state index in [1.165, 1.54) is 0 Å². The summed E-state index contributed by atoms with van der Waals surface area (Å²) in [6.07, 6.45) is 0.544. The Labute approximate surface area is 99.4 Å². The molecule has 17 heavy (non-hydrogen) atoms. The molecule has 0 bridgehead atoms. The lowest BCUT2D eigenvalue weighted by molar-refractivity contribution is -0.143. The lowest BCUT2D eigenvalue weighted by atomic mass is 10.1. The number of carboxylic acids is 1. The smallest absolute Gasteiger partial charge is 0.401 e. The Balaban J connectivity index is 3.80. The van der Waals surface area contributed by atoms with Crippen LogP contribution in [0.3, 0.4) is 0 Å². The van der Waals surface area contributed by atoms with Crippen LogP contribution in [0.5, 0.6) is 0 Å². The highest BCUT2D eigenvalue weighted by molar-refractivity contribution is 5.73. The van der Waals surface area contributed by atoms with Crippen LogP contribution < -0.4 is 5.32 Å². The van der Waals surface area contributed by atoms with Crippen LogP contribution >= 0.6 is 0 Å². The fourth-order valence-electron chi connectivity index (χ4n) is 1.50. The highest BCUT2D eigenvalue weighted by atomic mass is 19.4. The molecule has 0 rings (SSSR count). The van der Waals surface area contributed by atoms with Crippen LogP contribution in [0.25, 0.3) is 0 Å². The third-order valence-corrected chi connectivity index (χ3v) is 2.44. The molecule has 0 aliphatic heterocycles. The zero-order chi connectivity index (χ0) is 13.3. The standard InChI is InChI=1S/C11H20F3NO2/c1-2-3-4-5-6-7-9(10(16)17)15-8-11(12,13)14/h9,15H,2-8H2,1H3,(H,16,17). The minimum absolute atomic E-state index is 0.245. The lowest BCUT2D eigenvalue weighted by Gasteiger charge is -2.15. The van der Waals surface area contributed by atoms with E-state index in [4.69, 9.17) is 5.11 Å². The van der Waals surface area contributed by atoms with Gasteiger partial charge >= 0.3 is 12.1 Å². The summed E-state index contributed by atoms with van der Waals surface area (Å²) < 4.78 is 35.7. The van der Waals surface area contributed by atoms with Gasteiger partial charge in [0.15, 0.2) is 0 Å². The van der Waals surface area contributed by atoms with Crippen LogP contribution in [0.1, 0.15) is 45.4 Å². The number of nitrogens with one attached hydrogen (secondary N) is 1. The van der Waals surface area contributed by atoms with Gasteiger partial charge in [0.25, 0.3) is 0 Å². The first-order valence-electron chi connectivity index (χ1n) is 5.89. The van der Waals surface area contributed by atoms with E-state index in [2.05, 4.69) is 6.92 Å². The number of aliphatic carboxylic acids is 1. The predicted octanol–water partition coefficient (Wildman–Crippen LogP) is 2.95. The Morgan fingerprint density at radius 1 is 1.24 bits per heavy atom. The summed E-state index contributed by atoms with van der Waals surface area (Å²) in [6.45, 7) is 0.809. The van der Waals surface area contributed by atoms with Crippen LogP contribution in [-0.4, -0.2) is 29.8 Å². The molecule has 102 valence electrons. The number of carbonyl (C=O) groups is 1. The van der Waals surface area contributed by atoms with Gasteiger partial charge in [-0.05, 0) is 6.42 Å². The summed E-state index contributed by atoms with van der Waals surface area (Å²) >= 11 is 0. The molecule has 0 spiro atoms. The fraction of sp³-hybridized carbons (Fsp3) is 0.909. The summed E-state index contributed by atoms with van der Waals surface area (Å²) in [5.41, 5.74) is 0. The van der Waals surface area contributed by atoms with Crippen molar-refractivity contribution in [2.24, 2.45) is 0 Å². The lowest BCUT2D eigenvalue weighted by Crippen LogP contribution is -2.41. The van der Waals surface area contributed by atoms with E-state index in [1.807, 2.05) is 5.32 Å². The molecule has 0 saturated carbocycles. The van der Waals surface area contributed by atoms with E-state index < -0.39 is 24.7 Å². The van der Waals surface area contributed by atoms with E-state index in [1.54, 1.807) is 0 Å². The van der Waals surface area contributed by atoms with Gasteiger partial charge in [0.2, 0.25) is 0 Å². The van der Waals surface area contributed by atoms with Gasteiger partial charge in [-0.25, -0.2) is 0 Å². The van der Waals surface area contributed by atoms with Crippen molar-refractivity contribution >= 4 is 5.97 Å². The highest BCUT2D eigenvalue weighted by Gasteiger charge is 2.29. The van der Waals surface area contributed by atoms with Crippen LogP contribution in [0.2, 0.25) is 0 Å². The van der Waals surface area contributed by atoms with E-state index in [0.29, 0.717) is 6.42 Å². The minimum atomic E-state index is -4.37. The molecule has 0 aromatic rings. The van der Waals surface area contributed by atoms with Crippen LogP contribution in [0.4, 0.5) is 13.2 Å². The first-order chi connectivity index (χ1) is 7.87. The van der Waals surface area contributed by atoms with Gasteiger partial charge in [0.1, 0.15) is 6.04 Å². The van der Waals surface area contributed by atoms with E-state index in [-0.39, 0.29) is 6.42 Å². The molecule has 1 unspecified atom stereocenters. The minimum Gasteiger partial charge on any atom is -0.480 e. The Hall–Kier alpha value is -0.780. The van der Waals surface area contributed by atoms with Crippen molar-refractivity contribution < 1.29 is 23.1 Å². The summed E-state index contributed by atoms with van der Waals surface area (Å²) in [5.74, 6) is -1.22. The average molecular weight is 255 g/mol. The van der Waals surface area contributed by atoms with E-state index in [0.717, 1.165) is 25.7 Å². The van der Waals surface area contributed by atoms with Crippen molar-refractivity contribution in [1.29, 1.82) is 0 Å². The largest absolute Gasteiger partial charge is 0.480 e. The van der Waals surface area contributed by atoms with Crippen molar-refractivity contribution in [3.05, 3.63) is 0 Å². The van der Waals surface area contributed by atoms with Gasteiger partial charge in [-0.15, -0.1) is 0 Å². The van der Waals surface area contributed by atoms with Crippen molar-refractivity contribution in [3.63, 3.8) is 0 Å². The molecule has 2 N–H and O–H groups in total. The molecule has 1 atom stereocenters. The van der Waals surface area contributed by atoms with Gasteiger partial charge in [-0.1, -0.05) is 39.0 Å². The molecule has 0 fully saturated rings. The van der Waals surface area contributed by atoms with Gasteiger partial charge < -0.3 is 5.11 Å². The first-order valence-corrected chi connectivity index (χ1v) is 5.89. The molecule has 0 aliphatic carbocycles. The number of alkyl halides is 3. The molecular weight excluding hydrogens is 235 g/mol. The Kier molecular flexibility index (Phi) is 7.95. The van der Waals surface area contributed by atoms with Gasteiger partial charge in [0.05, 0.1) is 6.54 Å². The maximum absolute atomic E-state index is 11.9. The van der Waals surface area contributed by atoms with Crippen LogP contribution in [0, 0.1) is 0 Å². The van der Waals surface area contributed by atoms with Crippen molar-refractivity contribution in [3.8, 4) is 0 Å². The molecule has 0 aliphatic rings. The molecule has 3 nitrogen and oxygen atoms in total. The van der Waals surface area contributed by atoms with Gasteiger partial charge in [0, 0.05) is 0 Å². The molecule has 0 amide bonds. The summed E-state index contributed by atoms with van der Waals surface area (Å²) in [5, 5.41) is 10.8. The summed E-state index contributed by atoms with van der Waals surface area (Å²) in [6, 6.07) is -1.10. The Morgan fingerprint density at radius 2 is 1.82 bits per heavy atom. The molecule has 0 saturated heterocycles. The third-order valence-electron chi connectivity index (χ3n) is 2.44. The second-order valence-corrected chi connectivity index (χ2v) is 4.09. The molecule has 0 heterocycles. The zero-order valence-electron chi connectivity index (χ0n) is 10.0. The number of hydrogen-bond acceptors (Lipinski definition) is 2. The van der Waals surface area contributed by atoms with Crippen molar-refractivity contribution in [1.82, 2.24) is 5.32 Å². The van der Waals surface area contributed by atoms with Crippen LogP contribution in [0.15, 0.2) is 0 Å². The number of rotatable bonds is 9. The maximum Gasteiger partial charge on any atom is 0.401 e. The maximum atomic E-state index is 11.9. The average Bonchev–Trinajstić information content (AvgIpc) is 2.20. The van der Waals surface area contributed by atoms with Gasteiger partial charge in [-0.3, -0.25) is 10.1 Å². The highest BCUT2D eigenvalue weighted by Crippen LogP contribution is 2.14. The van der Waals surface area contributed by atoms with Crippen molar-refractivity contribution in [2.45, 2.75) is 57.7 Å². The first kappa shape index (κ1) is 16.2. The number of halogens is 3. The normalized spacial score (nSPS) is 13.6. The number of unbranched alkanes of at least 4 members (excludes halogenated alkanes) is 4. The molecule has 6 heteroatoms. The van der Waals surface area contributed by atoms with Gasteiger partial charge in [-0.2, -0.15) is 13.2 Å². The topological polar surface area (TPSA) is 49.3 Å². The Morgan fingerprint density at radius 3 is 2.29 bits per heavy atom. The fourth-order valence-corrected chi connectivity index (χ4v) is 1.50. The molecule has 0 aromatic carbocycles. The predicted molar refractivity (Wildman–Crippen MR) is 58.9 cm³/mol. The van der Waals surface area contributed by atoms with E-state index >= 15 is 0 Å². The number of carboxylic acid groups (broad SMARTS) is 1. The SMILES string of the molecule is CCCCCCCC(NCC(F)(F)F)C(=O)O. The van der Waals surface area contributed by atoms with E-state index in [9.17, 15) is 18.0 Å². The number of hydrogen-bond donors (Lipinski definition) is 2. The molecule has 0 aromatic heterocycles. The molecular formula is C11H20F3NO2. The monoisotopic (exact) mass is 255 g/mol. The second-order valence-electron chi connectivity index (χ2n) is 4.09. The quantitative estimate of drug-likeness (QED) is 0.623. The zero-order valence-corrected chi connectivity index (χ0v) is 10.0. The molecule has 0 radical (unpaired) electrons. The summed E-state index contributed by atoms with van der Waals surface area (Å²) in [7, 11) is 0. The van der Waals surface area contributed by atoms with Crippen molar-refractivity contribution in [2.75, 3.05) is 6.54 Å². The summed E-state index contributed by atoms with van der Waals surface area (Å²) in [4.78, 5) is 10.7. The Bertz CT molecular complexity index is 219. The third kappa shape index (κ3) is 10.1.